The molecule has 0 radical (unpaired) electrons. The summed E-state index contributed by atoms with van der Waals surface area (Å²) in [6, 6.07) is 0.859. The molecular weight excluding hydrogens is 112 g/mol. The normalized spacial score (nSPS) is 56.7. The first-order valence-electron chi connectivity index (χ1n) is 3.78. The van der Waals surface area contributed by atoms with Crippen molar-refractivity contribution in [1.29, 1.82) is 0 Å². The summed E-state index contributed by atoms with van der Waals surface area (Å²) in [7, 11) is 0. The highest BCUT2D eigenvalue weighted by Crippen LogP contribution is 2.42. The second-order valence-electron chi connectivity index (χ2n) is 3.56. The van der Waals surface area contributed by atoms with Crippen molar-refractivity contribution in [3.8, 4) is 0 Å². The highest BCUT2D eigenvalue weighted by molar-refractivity contribution is 4.99. The van der Waals surface area contributed by atoms with Crippen LogP contribution in [0.15, 0.2) is 0 Å². The molecule has 2 nitrogen and oxygen atoms in total. The number of nitrogens with two attached hydrogens (primary N) is 2. The third kappa shape index (κ3) is 0.700. The van der Waals surface area contributed by atoms with Gasteiger partial charge in [-0.1, -0.05) is 0 Å². The van der Waals surface area contributed by atoms with Gasteiger partial charge in [-0.25, -0.2) is 0 Å². The fourth-order valence-corrected chi connectivity index (χ4v) is 2.46. The van der Waals surface area contributed by atoms with E-state index in [0.717, 1.165) is 5.92 Å². The molecule has 0 spiro atoms. The topological polar surface area (TPSA) is 52.0 Å². The lowest BCUT2D eigenvalue weighted by Crippen LogP contribution is -2.39. The van der Waals surface area contributed by atoms with Gasteiger partial charge < -0.3 is 11.5 Å². The van der Waals surface area contributed by atoms with Crippen molar-refractivity contribution in [3.05, 3.63) is 0 Å². The highest BCUT2D eigenvalue weighted by Gasteiger charge is 2.42. The van der Waals surface area contributed by atoms with E-state index in [1.54, 1.807) is 0 Å². The summed E-state index contributed by atoms with van der Waals surface area (Å²) in [5.74, 6) is 1.54. The Bertz CT molecular complexity index is 112. The fourth-order valence-electron chi connectivity index (χ4n) is 2.46. The summed E-state index contributed by atoms with van der Waals surface area (Å²) in [5.41, 5.74) is 11.7. The van der Waals surface area contributed by atoms with Crippen molar-refractivity contribution in [2.45, 2.75) is 31.3 Å². The molecule has 0 aromatic heterocycles. The van der Waals surface area contributed by atoms with E-state index in [4.69, 9.17) is 11.5 Å². The Kier molecular flexibility index (Phi) is 1.08. The van der Waals surface area contributed by atoms with E-state index >= 15 is 0 Å². The van der Waals surface area contributed by atoms with Crippen LogP contribution < -0.4 is 11.5 Å². The van der Waals surface area contributed by atoms with Crippen LogP contribution in [0.1, 0.15) is 19.3 Å². The van der Waals surface area contributed by atoms with E-state index < -0.39 is 0 Å². The molecular formula is C7H14N2. The number of fused-ring (bicyclic) bond motifs is 2. The molecule has 52 valence electrons. The molecule has 2 fully saturated rings. The van der Waals surface area contributed by atoms with E-state index in [0.29, 0.717) is 18.0 Å². The molecule has 9 heavy (non-hydrogen) atoms. The molecule has 4 N–H and O–H groups in total. The molecule has 0 saturated heterocycles. The molecule has 0 aromatic carbocycles. The summed E-state index contributed by atoms with van der Waals surface area (Å²) >= 11 is 0. The first-order chi connectivity index (χ1) is 4.27. The Morgan fingerprint density at radius 1 is 0.889 bits per heavy atom. The van der Waals surface area contributed by atoms with Gasteiger partial charge in [-0.3, -0.25) is 0 Å². The zero-order valence-electron chi connectivity index (χ0n) is 5.59. The van der Waals surface area contributed by atoms with Crippen LogP contribution in [0.3, 0.4) is 0 Å². The van der Waals surface area contributed by atoms with E-state index in [1.807, 2.05) is 0 Å². The molecule has 2 saturated carbocycles. The SMILES string of the molecule is N[C@H]1CC2CC1[C@@H](N)C2. The lowest BCUT2D eigenvalue weighted by Gasteiger charge is -2.22. The molecule has 2 aliphatic rings. The second-order valence-corrected chi connectivity index (χ2v) is 3.56. The Morgan fingerprint density at radius 2 is 1.44 bits per heavy atom. The van der Waals surface area contributed by atoms with Crippen LogP contribution in [0.2, 0.25) is 0 Å². The van der Waals surface area contributed by atoms with Crippen LogP contribution >= 0.6 is 0 Å². The Balaban J connectivity index is 2.13. The summed E-state index contributed by atoms with van der Waals surface area (Å²) in [5, 5.41) is 0. The van der Waals surface area contributed by atoms with E-state index in [2.05, 4.69) is 0 Å². The van der Waals surface area contributed by atoms with Crippen molar-refractivity contribution >= 4 is 0 Å². The third-order valence-corrected chi connectivity index (χ3v) is 2.92. The smallest absolute Gasteiger partial charge is 0.00846 e. The lowest BCUT2D eigenvalue weighted by atomic mass is 9.92. The second kappa shape index (κ2) is 1.70. The summed E-state index contributed by atoms with van der Waals surface area (Å²) in [4.78, 5) is 0. The van der Waals surface area contributed by atoms with Crippen molar-refractivity contribution in [2.75, 3.05) is 0 Å². The molecule has 2 rings (SSSR count). The van der Waals surface area contributed by atoms with Gasteiger partial charge in [-0.2, -0.15) is 0 Å². The molecule has 0 amide bonds. The van der Waals surface area contributed by atoms with Crippen LogP contribution in [-0.2, 0) is 0 Å². The van der Waals surface area contributed by atoms with Crippen LogP contribution in [0.5, 0.6) is 0 Å². The van der Waals surface area contributed by atoms with Gasteiger partial charge in [0.2, 0.25) is 0 Å². The van der Waals surface area contributed by atoms with Crippen molar-refractivity contribution in [1.82, 2.24) is 0 Å². The standard InChI is InChI=1S/C7H14N2/c8-6-2-4-1-5(6)7(9)3-4/h4-7H,1-3,8-9H2/t4?,5?,6-,7-/m0/s1. The maximum absolute atomic E-state index is 5.83. The van der Waals surface area contributed by atoms with Gasteiger partial charge in [-0.05, 0) is 31.1 Å². The average Bonchev–Trinajstić information content (AvgIpc) is 2.22. The molecule has 0 unspecified atom stereocenters. The molecule has 0 aromatic rings. The van der Waals surface area contributed by atoms with Crippen LogP contribution in [-0.4, -0.2) is 12.1 Å². The molecule has 2 aliphatic carbocycles. The zero-order valence-corrected chi connectivity index (χ0v) is 5.59. The maximum atomic E-state index is 5.83. The minimum absolute atomic E-state index is 0.429. The molecule has 0 aliphatic heterocycles. The maximum Gasteiger partial charge on any atom is 0.00846 e. The largest absolute Gasteiger partial charge is 0.327 e. The van der Waals surface area contributed by atoms with E-state index in [-0.39, 0.29) is 0 Å². The predicted octanol–water partition coefficient (Wildman–Crippen LogP) is 0.0709. The Labute approximate surface area is 55.6 Å². The van der Waals surface area contributed by atoms with Crippen LogP contribution in [0, 0.1) is 11.8 Å². The van der Waals surface area contributed by atoms with Gasteiger partial charge in [0.25, 0.3) is 0 Å². The quantitative estimate of drug-likeness (QED) is 0.482. The van der Waals surface area contributed by atoms with Gasteiger partial charge in [0.05, 0.1) is 0 Å². The minimum atomic E-state index is 0.429. The van der Waals surface area contributed by atoms with Crippen LogP contribution in [0.25, 0.3) is 0 Å². The predicted molar refractivity (Wildman–Crippen MR) is 36.8 cm³/mol. The highest BCUT2D eigenvalue weighted by atomic mass is 14.8. The summed E-state index contributed by atoms with van der Waals surface area (Å²) in [6.07, 6.45) is 3.78. The fraction of sp³-hybridized carbons (Fsp3) is 1.00. The van der Waals surface area contributed by atoms with Gasteiger partial charge in [0.1, 0.15) is 0 Å². The molecule has 2 atom stereocenters. The summed E-state index contributed by atoms with van der Waals surface area (Å²) < 4.78 is 0. The monoisotopic (exact) mass is 126 g/mol. The van der Waals surface area contributed by atoms with Crippen molar-refractivity contribution in [3.63, 3.8) is 0 Å². The molecule has 2 bridgehead atoms. The number of hydrogen-bond donors (Lipinski definition) is 2. The number of rotatable bonds is 0. The average molecular weight is 126 g/mol. The van der Waals surface area contributed by atoms with E-state index in [1.165, 1.54) is 19.3 Å². The first kappa shape index (κ1) is 5.69. The van der Waals surface area contributed by atoms with Gasteiger partial charge in [-0.15, -0.1) is 0 Å². The van der Waals surface area contributed by atoms with E-state index in [9.17, 15) is 0 Å². The molecule has 0 heterocycles. The Morgan fingerprint density at radius 3 is 1.67 bits per heavy atom. The zero-order chi connectivity index (χ0) is 6.43. The summed E-state index contributed by atoms with van der Waals surface area (Å²) in [6.45, 7) is 0. The molecule has 2 heteroatoms. The van der Waals surface area contributed by atoms with Crippen molar-refractivity contribution < 1.29 is 0 Å². The minimum Gasteiger partial charge on any atom is -0.327 e. The number of hydrogen-bond acceptors (Lipinski definition) is 2. The Hall–Kier alpha value is -0.0800. The van der Waals surface area contributed by atoms with Crippen molar-refractivity contribution in [2.24, 2.45) is 23.3 Å². The lowest BCUT2D eigenvalue weighted by molar-refractivity contribution is 0.368. The van der Waals surface area contributed by atoms with Gasteiger partial charge >= 0.3 is 0 Å². The van der Waals surface area contributed by atoms with Gasteiger partial charge in [0.15, 0.2) is 0 Å². The van der Waals surface area contributed by atoms with Crippen LogP contribution in [0.4, 0.5) is 0 Å². The third-order valence-electron chi connectivity index (χ3n) is 2.92. The first-order valence-corrected chi connectivity index (χ1v) is 3.78. The van der Waals surface area contributed by atoms with Gasteiger partial charge in [0, 0.05) is 12.1 Å².